The van der Waals surface area contributed by atoms with Crippen molar-refractivity contribution in [2.75, 3.05) is 13.7 Å². The minimum Gasteiger partial charge on any atom is -0.468 e. The Balaban J connectivity index is 2.34. The maximum Gasteiger partial charge on any atom is 0.301 e. The summed E-state index contributed by atoms with van der Waals surface area (Å²) in [6, 6.07) is 0.126. The molecule has 1 unspecified atom stereocenters. The molecule has 0 aliphatic carbocycles. The van der Waals surface area contributed by atoms with Crippen LogP contribution >= 0.6 is 0 Å². The Hall–Kier alpha value is -1.44. The molecule has 7 nitrogen and oxygen atoms in total. The van der Waals surface area contributed by atoms with Crippen molar-refractivity contribution in [3.63, 3.8) is 0 Å². The molecule has 1 saturated heterocycles. The van der Waals surface area contributed by atoms with Crippen LogP contribution in [0.5, 0.6) is 6.01 Å². The van der Waals surface area contributed by atoms with E-state index in [9.17, 15) is 9.90 Å². The summed E-state index contributed by atoms with van der Waals surface area (Å²) in [7, 11) is 1.41. The molecule has 0 spiro atoms. The molecule has 0 aromatic carbocycles. The summed E-state index contributed by atoms with van der Waals surface area (Å²) in [5.74, 6) is 0. The van der Waals surface area contributed by atoms with Gasteiger partial charge in [0.05, 0.1) is 19.8 Å². The van der Waals surface area contributed by atoms with Gasteiger partial charge in [0.2, 0.25) is 0 Å². The highest BCUT2D eigenvalue weighted by molar-refractivity contribution is 5.09. The molecule has 100 valence electrons. The fourth-order valence-corrected chi connectivity index (χ4v) is 1.96. The van der Waals surface area contributed by atoms with Crippen LogP contribution in [-0.4, -0.2) is 45.7 Å². The average molecular weight is 256 g/mol. The van der Waals surface area contributed by atoms with Crippen molar-refractivity contribution in [3.05, 3.63) is 22.1 Å². The lowest BCUT2D eigenvalue weighted by Gasteiger charge is -2.18. The largest absolute Gasteiger partial charge is 0.468 e. The van der Waals surface area contributed by atoms with Crippen molar-refractivity contribution in [3.8, 4) is 6.01 Å². The van der Waals surface area contributed by atoms with Gasteiger partial charge in [-0.1, -0.05) is 0 Å². The molecule has 2 heterocycles. The Morgan fingerprint density at radius 3 is 2.94 bits per heavy atom. The van der Waals surface area contributed by atoms with E-state index in [0.29, 0.717) is 12.0 Å². The van der Waals surface area contributed by atoms with Crippen LogP contribution < -0.4 is 10.3 Å². The van der Waals surface area contributed by atoms with Crippen LogP contribution in [-0.2, 0) is 4.74 Å². The maximum atomic E-state index is 11.4. The van der Waals surface area contributed by atoms with Gasteiger partial charge in [0.15, 0.2) is 0 Å². The lowest BCUT2D eigenvalue weighted by atomic mass is 10.2. The third-order valence-corrected chi connectivity index (χ3v) is 2.97. The van der Waals surface area contributed by atoms with Crippen molar-refractivity contribution >= 4 is 0 Å². The second-order valence-corrected chi connectivity index (χ2v) is 4.24. The summed E-state index contributed by atoms with van der Waals surface area (Å²) < 4.78 is 12.1. The van der Waals surface area contributed by atoms with Gasteiger partial charge in [-0.25, -0.2) is 0 Å². The van der Waals surface area contributed by atoms with Crippen molar-refractivity contribution < 1.29 is 19.7 Å². The second kappa shape index (κ2) is 5.05. The minimum atomic E-state index is -0.746. The first-order valence-corrected chi connectivity index (χ1v) is 5.65. The van der Waals surface area contributed by atoms with E-state index in [1.165, 1.54) is 7.11 Å². The van der Waals surface area contributed by atoms with E-state index in [1.54, 1.807) is 17.7 Å². The molecule has 0 bridgehead atoms. The summed E-state index contributed by atoms with van der Waals surface area (Å²) in [4.78, 5) is 15.2. The number of ether oxygens (including phenoxy) is 2. The Bertz CT molecular complexity index is 487. The monoisotopic (exact) mass is 256 g/mol. The van der Waals surface area contributed by atoms with Crippen LogP contribution in [0.3, 0.4) is 0 Å². The molecule has 1 aliphatic heterocycles. The van der Waals surface area contributed by atoms with Gasteiger partial charge in [-0.2, -0.15) is 4.98 Å². The smallest absolute Gasteiger partial charge is 0.301 e. The van der Waals surface area contributed by atoms with Gasteiger partial charge in [-0.15, -0.1) is 0 Å². The SMILES string of the molecule is COc1nc(=O)c(C)cn1[C@H]1CC(O)[C@@H](CO)O1. The molecule has 2 rings (SSSR count). The maximum absolute atomic E-state index is 11.4. The third kappa shape index (κ3) is 2.24. The number of rotatable bonds is 3. The highest BCUT2D eigenvalue weighted by Gasteiger charge is 2.35. The Kier molecular flexibility index (Phi) is 3.65. The van der Waals surface area contributed by atoms with E-state index >= 15 is 0 Å². The van der Waals surface area contributed by atoms with Crippen molar-refractivity contribution in [1.29, 1.82) is 0 Å². The van der Waals surface area contributed by atoms with E-state index in [4.69, 9.17) is 14.6 Å². The zero-order valence-electron chi connectivity index (χ0n) is 10.2. The van der Waals surface area contributed by atoms with E-state index in [0.717, 1.165) is 0 Å². The number of aryl methyl sites for hydroxylation is 1. The molecule has 7 heteroatoms. The van der Waals surface area contributed by atoms with E-state index in [-0.39, 0.29) is 18.2 Å². The first-order chi connectivity index (χ1) is 8.56. The summed E-state index contributed by atoms with van der Waals surface area (Å²) in [6.07, 6.45) is 0.0134. The zero-order valence-corrected chi connectivity index (χ0v) is 10.2. The highest BCUT2D eigenvalue weighted by Crippen LogP contribution is 2.30. The number of aromatic nitrogens is 2. The minimum absolute atomic E-state index is 0.126. The van der Waals surface area contributed by atoms with E-state index < -0.39 is 18.4 Å². The number of aliphatic hydroxyl groups is 2. The predicted molar refractivity (Wildman–Crippen MR) is 61.4 cm³/mol. The molecule has 1 fully saturated rings. The first-order valence-electron chi connectivity index (χ1n) is 5.65. The topological polar surface area (TPSA) is 93.8 Å². The van der Waals surface area contributed by atoms with Gasteiger partial charge in [0.25, 0.3) is 5.56 Å². The van der Waals surface area contributed by atoms with Gasteiger partial charge in [0.1, 0.15) is 12.3 Å². The van der Waals surface area contributed by atoms with Crippen molar-refractivity contribution in [2.24, 2.45) is 0 Å². The Morgan fingerprint density at radius 1 is 1.67 bits per heavy atom. The zero-order chi connectivity index (χ0) is 13.3. The molecule has 1 aromatic heterocycles. The Labute approximate surface area is 104 Å². The van der Waals surface area contributed by atoms with Crippen LogP contribution in [0.2, 0.25) is 0 Å². The Morgan fingerprint density at radius 2 is 2.39 bits per heavy atom. The highest BCUT2D eigenvalue weighted by atomic mass is 16.5. The summed E-state index contributed by atoms with van der Waals surface area (Å²) in [5, 5.41) is 18.7. The standard InChI is InChI=1S/C11H16N2O5/c1-6-4-13(11(17-2)12-10(6)16)9-3-7(15)8(5-14)18-9/h4,7-9,14-15H,3,5H2,1-2H3/t7?,8-,9-/m1/s1. The van der Waals surface area contributed by atoms with Gasteiger partial charge < -0.3 is 19.7 Å². The number of hydrogen-bond acceptors (Lipinski definition) is 6. The normalized spacial score (nSPS) is 27.4. The molecule has 0 radical (unpaired) electrons. The molecular weight excluding hydrogens is 240 g/mol. The lowest BCUT2D eigenvalue weighted by Crippen LogP contribution is -2.24. The van der Waals surface area contributed by atoms with Crippen LogP contribution in [0.1, 0.15) is 18.2 Å². The van der Waals surface area contributed by atoms with Gasteiger partial charge in [0, 0.05) is 18.2 Å². The molecular formula is C11H16N2O5. The van der Waals surface area contributed by atoms with E-state index in [1.807, 2.05) is 0 Å². The number of aliphatic hydroxyl groups excluding tert-OH is 2. The van der Waals surface area contributed by atoms with Crippen LogP contribution in [0.15, 0.2) is 11.0 Å². The molecule has 2 N–H and O–H groups in total. The van der Waals surface area contributed by atoms with Gasteiger partial charge >= 0.3 is 6.01 Å². The molecule has 0 amide bonds. The third-order valence-electron chi connectivity index (χ3n) is 2.97. The fraction of sp³-hybridized carbons (Fsp3) is 0.636. The number of methoxy groups -OCH3 is 1. The van der Waals surface area contributed by atoms with E-state index in [2.05, 4.69) is 4.98 Å². The van der Waals surface area contributed by atoms with Crippen LogP contribution in [0.25, 0.3) is 0 Å². The molecule has 3 atom stereocenters. The lowest BCUT2D eigenvalue weighted by molar-refractivity contribution is -0.0470. The molecule has 1 aromatic rings. The summed E-state index contributed by atoms with van der Waals surface area (Å²) >= 11 is 0. The van der Waals surface area contributed by atoms with Crippen LogP contribution in [0, 0.1) is 6.92 Å². The first kappa shape index (κ1) is 13.0. The number of nitrogens with zero attached hydrogens (tertiary/aromatic N) is 2. The van der Waals surface area contributed by atoms with Crippen molar-refractivity contribution in [1.82, 2.24) is 9.55 Å². The quantitative estimate of drug-likeness (QED) is 0.735. The molecule has 0 saturated carbocycles. The summed E-state index contributed by atoms with van der Waals surface area (Å²) in [5.41, 5.74) is 0.0988. The number of hydrogen-bond donors (Lipinski definition) is 2. The molecule has 18 heavy (non-hydrogen) atoms. The van der Waals surface area contributed by atoms with Crippen molar-refractivity contribution in [2.45, 2.75) is 31.8 Å². The molecule has 1 aliphatic rings. The van der Waals surface area contributed by atoms with Gasteiger partial charge in [-0.05, 0) is 6.92 Å². The summed E-state index contributed by atoms with van der Waals surface area (Å²) in [6.45, 7) is 1.38. The average Bonchev–Trinajstić information content (AvgIpc) is 2.73. The van der Waals surface area contributed by atoms with Crippen LogP contribution in [0.4, 0.5) is 0 Å². The second-order valence-electron chi connectivity index (χ2n) is 4.24. The predicted octanol–water partition coefficient (Wildman–Crippen LogP) is -0.799. The van der Waals surface area contributed by atoms with Gasteiger partial charge in [-0.3, -0.25) is 9.36 Å². The fourth-order valence-electron chi connectivity index (χ4n) is 1.96.